The fourth-order valence-corrected chi connectivity index (χ4v) is 6.73. The molecular formula is C27H24N4O3S2. The number of carbonyl (C=O) groups excluding carboxylic acids is 1. The molecule has 0 bridgehead atoms. The third-order valence-corrected chi connectivity index (χ3v) is 8.65. The van der Waals surface area contributed by atoms with E-state index in [9.17, 15) is 9.59 Å². The van der Waals surface area contributed by atoms with Crippen molar-refractivity contribution in [2.45, 2.75) is 38.1 Å². The van der Waals surface area contributed by atoms with E-state index >= 15 is 0 Å². The predicted octanol–water partition coefficient (Wildman–Crippen LogP) is 5.17. The van der Waals surface area contributed by atoms with Gasteiger partial charge in [-0.3, -0.25) is 9.59 Å². The highest BCUT2D eigenvalue weighted by atomic mass is 32.2. The third-order valence-electron chi connectivity index (χ3n) is 6.53. The summed E-state index contributed by atoms with van der Waals surface area (Å²) in [4.78, 5) is 28.7. The van der Waals surface area contributed by atoms with Crippen molar-refractivity contribution in [2.24, 2.45) is 5.92 Å². The number of Topliss-reactive ketones (excluding diaryl/α,β-unsaturated/α-hetero) is 1. The van der Waals surface area contributed by atoms with E-state index in [1.54, 1.807) is 15.9 Å². The molecule has 9 heteroatoms. The largest absolute Gasteiger partial charge is 0.372 e. The molecule has 0 spiro atoms. The van der Waals surface area contributed by atoms with Crippen LogP contribution < -0.4 is 5.56 Å². The summed E-state index contributed by atoms with van der Waals surface area (Å²) in [7, 11) is 0. The molecule has 2 aromatic carbocycles. The first-order valence-electron chi connectivity index (χ1n) is 11.9. The van der Waals surface area contributed by atoms with Crippen molar-refractivity contribution in [2.75, 3.05) is 5.75 Å². The molecule has 5 aromatic rings. The van der Waals surface area contributed by atoms with Gasteiger partial charge >= 0.3 is 0 Å². The van der Waals surface area contributed by atoms with Crippen LogP contribution >= 0.6 is 23.1 Å². The van der Waals surface area contributed by atoms with Gasteiger partial charge in [0.15, 0.2) is 10.9 Å². The molecule has 0 radical (unpaired) electrons. The minimum absolute atomic E-state index is 0.0172. The normalized spacial score (nSPS) is 15.6. The second-order valence-electron chi connectivity index (χ2n) is 9.15. The first kappa shape index (κ1) is 23.1. The number of fused-ring (bicyclic) bond motifs is 5. The van der Waals surface area contributed by atoms with E-state index < -0.39 is 0 Å². The van der Waals surface area contributed by atoms with E-state index in [1.165, 1.54) is 11.8 Å². The molecule has 6 rings (SSSR count). The second-order valence-corrected chi connectivity index (χ2v) is 11.2. The van der Waals surface area contributed by atoms with Crippen LogP contribution in [0.15, 0.2) is 70.6 Å². The van der Waals surface area contributed by atoms with E-state index in [0.29, 0.717) is 40.8 Å². The fraction of sp³-hybridized carbons (Fsp3) is 0.259. The Morgan fingerprint density at radius 1 is 1.11 bits per heavy atom. The molecule has 0 unspecified atom stereocenters. The Bertz CT molecular complexity index is 1640. The number of hydrogen-bond acceptors (Lipinski definition) is 7. The van der Waals surface area contributed by atoms with Gasteiger partial charge in [0.1, 0.15) is 4.83 Å². The van der Waals surface area contributed by atoms with Gasteiger partial charge in [0.25, 0.3) is 5.56 Å². The highest BCUT2D eigenvalue weighted by Gasteiger charge is 2.30. The molecule has 182 valence electrons. The number of thioether (sulfide) groups is 1. The number of carbonyl (C=O) groups is 1. The molecule has 4 heterocycles. The number of aromatic nitrogens is 4. The third kappa shape index (κ3) is 3.87. The van der Waals surface area contributed by atoms with E-state index in [0.717, 1.165) is 21.0 Å². The monoisotopic (exact) mass is 516 g/mol. The van der Waals surface area contributed by atoms with Gasteiger partial charge in [0, 0.05) is 16.9 Å². The van der Waals surface area contributed by atoms with E-state index in [2.05, 4.69) is 24.0 Å². The van der Waals surface area contributed by atoms with Crippen LogP contribution in [0.4, 0.5) is 0 Å². The van der Waals surface area contributed by atoms with Gasteiger partial charge in [-0.1, -0.05) is 74.1 Å². The molecule has 0 fully saturated rings. The molecule has 7 nitrogen and oxygen atoms in total. The van der Waals surface area contributed by atoms with Crippen LogP contribution in [-0.4, -0.2) is 36.8 Å². The standard InChI is InChI=1S/C27H24N4O3S2/c1-16(2)21-13-19-22(14-34-21)36-25-23(19)24(33)30(18-11-7-4-8-12-18)26-28-29-27(31(25)26)35-15-20(32)17-9-5-3-6-10-17/h3-12,16,21H,13-15H2,1-2H3/t21-/m0/s1. The van der Waals surface area contributed by atoms with E-state index in [1.807, 2.05) is 65.1 Å². The van der Waals surface area contributed by atoms with Crippen molar-refractivity contribution in [1.29, 1.82) is 0 Å². The van der Waals surface area contributed by atoms with Crippen molar-refractivity contribution in [3.63, 3.8) is 0 Å². The summed E-state index contributed by atoms with van der Waals surface area (Å²) < 4.78 is 9.67. The Balaban J connectivity index is 1.54. The average molecular weight is 517 g/mol. The van der Waals surface area contributed by atoms with Crippen LogP contribution in [0.25, 0.3) is 21.7 Å². The van der Waals surface area contributed by atoms with Gasteiger partial charge in [0.2, 0.25) is 5.78 Å². The van der Waals surface area contributed by atoms with E-state index in [4.69, 9.17) is 4.74 Å². The summed E-state index contributed by atoms with van der Waals surface area (Å²) in [5.41, 5.74) is 2.34. The van der Waals surface area contributed by atoms with Crippen LogP contribution in [0.3, 0.4) is 0 Å². The molecule has 1 atom stereocenters. The molecule has 0 saturated heterocycles. The Kier molecular flexibility index (Phi) is 5.99. The Morgan fingerprint density at radius 3 is 2.56 bits per heavy atom. The van der Waals surface area contributed by atoms with Gasteiger partial charge < -0.3 is 4.74 Å². The number of ether oxygens (including phenoxy) is 1. The lowest BCUT2D eigenvalue weighted by Gasteiger charge is -2.26. The molecule has 0 saturated carbocycles. The summed E-state index contributed by atoms with van der Waals surface area (Å²) in [6, 6.07) is 18.7. The number of rotatable bonds is 6. The maximum absolute atomic E-state index is 14.0. The topological polar surface area (TPSA) is 78.5 Å². The van der Waals surface area contributed by atoms with Crippen LogP contribution in [0, 0.1) is 5.92 Å². The van der Waals surface area contributed by atoms with Gasteiger partial charge in [0.05, 0.1) is 29.5 Å². The number of ketones is 1. The van der Waals surface area contributed by atoms with Crippen molar-refractivity contribution >= 4 is 44.9 Å². The molecular weight excluding hydrogens is 492 g/mol. The zero-order chi connectivity index (χ0) is 24.8. The van der Waals surface area contributed by atoms with Gasteiger partial charge in [-0.2, -0.15) is 0 Å². The molecule has 3 aromatic heterocycles. The zero-order valence-corrected chi connectivity index (χ0v) is 21.5. The zero-order valence-electron chi connectivity index (χ0n) is 19.9. The molecule has 0 amide bonds. The van der Waals surface area contributed by atoms with Gasteiger partial charge in [-0.25, -0.2) is 8.97 Å². The number of thiophene rings is 1. The Hall–Kier alpha value is -3.27. The average Bonchev–Trinajstić information content (AvgIpc) is 3.49. The minimum atomic E-state index is -0.102. The van der Waals surface area contributed by atoms with Crippen LogP contribution in [0.1, 0.15) is 34.6 Å². The molecule has 1 aliphatic rings. The number of benzene rings is 2. The lowest BCUT2D eigenvalue weighted by atomic mass is 9.96. The van der Waals surface area contributed by atoms with Crippen molar-refractivity contribution in [1.82, 2.24) is 19.2 Å². The predicted molar refractivity (Wildman–Crippen MR) is 143 cm³/mol. The molecule has 36 heavy (non-hydrogen) atoms. The van der Waals surface area contributed by atoms with Crippen molar-refractivity contribution in [3.05, 3.63) is 87.0 Å². The van der Waals surface area contributed by atoms with E-state index in [-0.39, 0.29) is 23.2 Å². The maximum atomic E-state index is 14.0. The Labute approximate surface area is 215 Å². The van der Waals surface area contributed by atoms with Crippen molar-refractivity contribution < 1.29 is 9.53 Å². The summed E-state index contributed by atoms with van der Waals surface area (Å²) in [5, 5.41) is 10.1. The molecule has 1 aliphatic heterocycles. The smallest absolute Gasteiger partial charge is 0.268 e. The summed E-state index contributed by atoms with van der Waals surface area (Å²) in [6.07, 6.45) is 0.758. The quantitative estimate of drug-likeness (QED) is 0.229. The highest BCUT2D eigenvalue weighted by Crippen LogP contribution is 2.37. The summed E-state index contributed by atoms with van der Waals surface area (Å²) in [6.45, 7) is 4.77. The second kappa shape index (κ2) is 9.31. The highest BCUT2D eigenvalue weighted by molar-refractivity contribution is 7.99. The number of hydrogen-bond donors (Lipinski definition) is 0. The minimum Gasteiger partial charge on any atom is -0.372 e. The maximum Gasteiger partial charge on any atom is 0.268 e. The first-order valence-corrected chi connectivity index (χ1v) is 13.7. The van der Waals surface area contributed by atoms with Gasteiger partial charge in [-0.15, -0.1) is 21.5 Å². The van der Waals surface area contributed by atoms with Crippen LogP contribution in [-0.2, 0) is 17.8 Å². The lowest BCUT2D eigenvalue weighted by Crippen LogP contribution is -2.28. The first-order chi connectivity index (χ1) is 17.5. The Morgan fingerprint density at radius 2 is 1.83 bits per heavy atom. The number of para-hydroxylation sites is 1. The summed E-state index contributed by atoms with van der Waals surface area (Å²) >= 11 is 2.89. The van der Waals surface area contributed by atoms with Crippen LogP contribution in [0.5, 0.6) is 0 Å². The lowest BCUT2D eigenvalue weighted by molar-refractivity contribution is 0.00200. The molecule has 0 N–H and O–H groups in total. The molecule has 0 aliphatic carbocycles. The van der Waals surface area contributed by atoms with Gasteiger partial charge in [-0.05, 0) is 23.6 Å². The van der Waals surface area contributed by atoms with Crippen molar-refractivity contribution in [3.8, 4) is 5.69 Å². The SMILES string of the molecule is CC(C)[C@@H]1Cc2c(sc3c2c(=O)n(-c2ccccc2)c2nnc(SCC(=O)c4ccccc4)n32)CO1. The van der Waals surface area contributed by atoms with Crippen LogP contribution in [0.2, 0.25) is 0 Å². The fourth-order valence-electron chi connectivity index (χ4n) is 4.61. The summed E-state index contributed by atoms with van der Waals surface area (Å²) in [5.74, 6) is 1.02. The number of nitrogens with zero attached hydrogens (tertiary/aromatic N) is 4.